The fourth-order valence-corrected chi connectivity index (χ4v) is 3.29. The third kappa shape index (κ3) is 2.82. The number of fused-ring (bicyclic) bond motifs is 1. The van der Waals surface area contributed by atoms with Gasteiger partial charge in [0, 0.05) is 6.61 Å². The lowest BCUT2D eigenvalue weighted by Gasteiger charge is -2.21. The summed E-state index contributed by atoms with van der Waals surface area (Å²) in [6.07, 6.45) is 4.50. The quantitative estimate of drug-likeness (QED) is 0.876. The van der Waals surface area contributed by atoms with Crippen LogP contribution in [0, 0.1) is 0 Å². The number of nitrogens with zero attached hydrogens (tertiary/aromatic N) is 5. The van der Waals surface area contributed by atoms with Gasteiger partial charge in [0.15, 0.2) is 5.65 Å². The number of ether oxygens (including phenoxy) is 1. The van der Waals surface area contributed by atoms with E-state index in [0.29, 0.717) is 23.4 Å². The molecule has 4 heterocycles. The highest BCUT2D eigenvalue weighted by molar-refractivity contribution is 6.14. The molecule has 2 aromatic rings. The summed E-state index contributed by atoms with van der Waals surface area (Å²) in [6.45, 7) is 6.60. The largest absolute Gasteiger partial charge is 0.372 e. The molecule has 0 spiro atoms. The van der Waals surface area contributed by atoms with Crippen LogP contribution in [-0.4, -0.2) is 44.1 Å². The van der Waals surface area contributed by atoms with E-state index >= 15 is 0 Å². The van der Waals surface area contributed by atoms with E-state index in [1.54, 1.807) is 4.68 Å². The zero-order valence-electron chi connectivity index (χ0n) is 15.2. The van der Waals surface area contributed by atoms with Crippen molar-refractivity contribution in [2.24, 2.45) is 5.10 Å². The number of amides is 1. The molecule has 0 bridgehead atoms. The van der Waals surface area contributed by atoms with Crippen molar-refractivity contribution in [3.05, 3.63) is 16.6 Å². The molecule has 1 atom stereocenters. The van der Waals surface area contributed by atoms with Gasteiger partial charge in [0.1, 0.15) is 5.39 Å². The van der Waals surface area contributed by atoms with Crippen molar-refractivity contribution < 1.29 is 9.53 Å². The molecule has 26 heavy (non-hydrogen) atoms. The van der Waals surface area contributed by atoms with E-state index in [4.69, 9.17) is 4.74 Å². The highest BCUT2D eigenvalue weighted by Crippen LogP contribution is 2.24. The van der Waals surface area contributed by atoms with Crippen molar-refractivity contribution in [1.82, 2.24) is 19.7 Å². The van der Waals surface area contributed by atoms with Gasteiger partial charge in [-0.1, -0.05) is 0 Å². The highest BCUT2D eigenvalue weighted by Gasteiger charge is 2.33. The van der Waals surface area contributed by atoms with Crippen molar-refractivity contribution in [3.63, 3.8) is 0 Å². The number of H-pyrrole nitrogens is 1. The second-order valence-electron chi connectivity index (χ2n) is 7.68. The van der Waals surface area contributed by atoms with Gasteiger partial charge >= 0.3 is 0 Å². The number of carbonyl (C=O) groups is 1. The molecule has 1 saturated heterocycles. The Kier molecular flexibility index (Phi) is 3.91. The van der Waals surface area contributed by atoms with Crippen molar-refractivity contribution in [3.8, 4) is 0 Å². The van der Waals surface area contributed by atoms with Crippen LogP contribution in [0.4, 0.5) is 5.95 Å². The molecule has 2 aromatic heterocycles. The Morgan fingerprint density at radius 1 is 1.27 bits per heavy atom. The van der Waals surface area contributed by atoms with E-state index in [1.165, 1.54) is 11.2 Å². The van der Waals surface area contributed by atoms with Crippen molar-refractivity contribution in [2.75, 3.05) is 11.6 Å². The molecule has 1 amide bonds. The predicted molar refractivity (Wildman–Crippen MR) is 96.3 cm³/mol. The predicted octanol–water partition coefficient (Wildman–Crippen LogP) is 1.54. The maximum Gasteiger partial charge on any atom is 0.263 e. The van der Waals surface area contributed by atoms with Gasteiger partial charge in [-0.15, -0.1) is 0 Å². The van der Waals surface area contributed by atoms with Gasteiger partial charge in [-0.3, -0.25) is 14.6 Å². The average molecular weight is 358 g/mol. The first-order valence-electron chi connectivity index (χ1n) is 8.85. The SMILES string of the molecule is CC(C)(C)n1ncc2c(=O)[nH]c(N3N=C(C4CCCCO4)CC3=O)nc21. The number of carbonyl (C=O) groups excluding carboxylic acids is 1. The van der Waals surface area contributed by atoms with E-state index in [9.17, 15) is 9.59 Å². The van der Waals surface area contributed by atoms with Gasteiger partial charge < -0.3 is 4.74 Å². The molecule has 9 nitrogen and oxygen atoms in total. The van der Waals surface area contributed by atoms with E-state index in [0.717, 1.165) is 19.3 Å². The Morgan fingerprint density at radius 2 is 2.08 bits per heavy atom. The summed E-state index contributed by atoms with van der Waals surface area (Å²) >= 11 is 0. The fraction of sp³-hybridized carbons (Fsp3) is 0.588. The second-order valence-corrected chi connectivity index (χ2v) is 7.68. The Hall–Kier alpha value is -2.55. The van der Waals surface area contributed by atoms with Gasteiger partial charge in [0.2, 0.25) is 5.95 Å². The van der Waals surface area contributed by atoms with Crippen molar-refractivity contribution in [1.29, 1.82) is 0 Å². The molecule has 2 aliphatic rings. The third-order valence-electron chi connectivity index (χ3n) is 4.61. The molecule has 9 heteroatoms. The number of hydrogen-bond acceptors (Lipinski definition) is 6. The summed E-state index contributed by atoms with van der Waals surface area (Å²) in [5.74, 6) is -0.109. The molecule has 1 N–H and O–H groups in total. The molecular weight excluding hydrogens is 336 g/mol. The molecular formula is C17H22N6O3. The number of hydrogen-bond donors (Lipinski definition) is 1. The minimum atomic E-state index is -0.348. The third-order valence-corrected chi connectivity index (χ3v) is 4.61. The molecule has 138 valence electrons. The van der Waals surface area contributed by atoms with Gasteiger partial charge in [0.25, 0.3) is 11.5 Å². The van der Waals surface area contributed by atoms with E-state index in [-0.39, 0.29) is 35.5 Å². The normalized spacial score (nSPS) is 21.5. The zero-order valence-corrected chi connectivity index (χ0v) is 15.2. The maximum atomic E-state index is 12.5. The minimum absolute atomic E-state index is 0.115. The Balaban J connectivity index is 1.75. The van der Waals surface area contributed by atoms with Crippen molar-refractivity contribution >= 4 is 28.6 Å². The first kappa shape index (κ1) is 16.9. The van der Waals surface area contributed by atoms with E-state index in [2.05, 4.69) is 20.2 Å². The zero-order chi connectivity index (χ0) is 18.5. The van der Waals surface area contributed by atoms with E-state index in [1.807, 2.05) is 20.8 Å². The second kappa shape index (κ2) is 6.01. The van der Waals surface area contributed by atoms with Crippen LogP contribution in [-0.2, 0) is 15.1 Å². The van der Waals surface area contributed by atoms with Gasteiger partial charge in [-0.25, -0.2) is 4.68 Å². The molecule has 0 saturated carbocycles. The summed E-state index contributed by atoms with van der Waals surface area (Å²) in [5.41, 5.74) is 0.438. The number of rotatable bonds is 2. The number of hydrazone groups is 1. The van der Waals surface area contributed by atoms with Gasteiger partial charge in [0.05, 0.1) is 30.0 Å². The summed E-state index contributed by atoms with van der Waals surface area (Å²) in [6, 6.07) is 0. The molecule has 0 aliphatic carbocycles. The number of anilines is 1. The molecule has 1 fully saturated rings. The number of aromatic amines is 1. The number of nitrogens with one attached hydrogen (secondary N) is 1. The highest BCUT2D eigenvalue weighted by atomic mass is 16.5. The Labute approximate surface area is 150 Å². The van der Waals surface area contributed by atoms with Gasteiger partial charge in [-0.05, 0) is 40.0 Å². The van der Waals surface area contributed by atoms with Crippen LogP contribution in [0.25, 0.3) is 11.0 Å². The lowest BCUT2D eigenvalue weighted by molar-refractivity contribution is -0.117. The maximum absolute atomic E-state index is 12.5. The van der Waals surface area contributed by atoms with Crippen LogP contribution in [0.1, 0.15) is 46.5 Å². The molecule has 4 rings (SSSR count). The molecule has 2 aliphatic heterocycles. The lowest BCUT2D eigenvalue weighted by Crippen LogP contribution is -2.27. The standard InChI is InChI=1S/C17H22N6O3/c1-17(2,3)23-14-10(9-18-23)15(25)20-16(19-14)22-13(24)8-11(21-22)12-6-4-5-7-26-12/h9,12H,4-8H2,1-3H3,(H,19,20,25). The van der Waals surface area contributed by atoms with Crippen LogP contribution >= 0.6 is 0 Å². The topological polar surface area (TPSA) is 105 Å². The van der Waals surface area contributed by atoms with Crippen LogP contribution in [0.5, 0.6) is 0 Å². The van der Waals surface area contributed by atoms with Crippen LogP contribution in [0.15, 0.2) is 16.1 Å². The summed E-state index contributed by atoms with van der Waals surface area (Å²) in [7, 11) is 0. The smallest absolute Gasteiger partial charge is 0.263 e. The molecule has 1 unspecified atom stereocenters. The van der Waals surface area contributed by atoms with E-state index < -0.39 is 0 Å². The van der Waals surface area contributed by atoms with Gasteiger partial charge in [-0.2, -0.15) is 20.2 Å². The summed E-state index contributed by atoms with van der Waals surface area (Å²) in [5, 5.41) is 10.2. The van der Waals surface area contributed by atoms with Crippen LogP contribution < -0.4 is 10.6 Å². The average Bonchev–Trinajstić information content (AvgIpc) is 3.19. The monoisotopic (exact) mass is 358 g/mol. The molecule has 0 aromatic carbocycles. The first-order chi connectivity index (χ1) is 12.3. The van der Waals surface area contributed by atoms with Crippen LogP contribution in [0.3, 0.4) is 0 Å². The lowest BCUT2D eigenvalue weighted by atomic mass is 10.0. The number of aromatic nitrogens is 4. The van der Waals surface area contributed by atoms with Crippen LogP contribution in [0.2, 0.25) is 0 Å². The fourth-order valence-electron chi connectivity index (χ4n) is 3.29. The first-order valence-corrected chi connectivity index (χ1v) is 8.85. The Bertz CT molecular complexity index is 946. The van der Waals surface area contributed by atoms with Crippen molar-refractivity contribution in [2.45, 2.75) is 58.1 Å². The summed E-state index contributed by atoms with van der Waals surface area (Å²) in [4.78, 5) is 32.0. The Morgan fingerprint density at radius 3 is 2.77 bits per heavy atom. The molecule has 0 radical (unpaired) electrons. The minimum Gasteiger partial charge on any atom is -0.372 e. The summed E-state index contributed by atoms with van der Waals surface area (Å²) < 4.78 is 7.40.